The maximum atomic E-state index is 13.6. The molecule has 0 radical (unpaired) electrons. The first kappa shape index (κ1) is 24.1. The second kappa shape index (κ2) is 10.6. The normalized spacial score (nSPS) is 11.1. The number of aromatic amines is 1. The number of para-hydroxylation sites is 1. The summed E-state index contributed by atoms with van der Waals surface area (Å²) in [5.74, 6) is 0.543. The lowest BCUT2D eigenvalue weighted by Crippen LogP contribution is -2.25. The molecular formula is C29H28N6O2. The topological polar surface area (TPSA) is 98.5 Å². The number of unbranched alkanes of at least 4 members (excludes halogenated alkanes) is 1. The van der Waals surface area contributed by atoms with E-state index in [2.05, 4.69) is 39.7 Å². The van der Waals surface area contributed by atoms with Crippen molar-refractivity contribution in [1.82, 2.24) is 29.8 Å². The number of nitrogens with zero attached hydrogens (tertiary/aromatic N) is 5. The highest BCUT2D eigenvalue weighted by molar-refractivity contribution is 5.97. The molecule has 0 unspecified atom stereocenters. The molecule has 0 fully saturated rings. The summed E-state index contributed by atoms with van der Waals surface area (Å²) in [6.45, 7) is 4.11. The van der Waals surface area contributed by atoms with Gasteiger partial charge in [0.2, 0.25) is 0 Å². The number of nitrogens with one attached hydrogen (secondary N) is 1. The predicted octanol–water partition coefficient (Wildman–Crippen LogP) is 5.08. The van der Waals surface area contributed by atoms with Crippen LogP contribution in [0.2, 0.25) is 0 Å². The van der Waals surface area contributed by atoms with Crippen molar-refractivity contribution in [3.05, 3.63) is 106 Å². The van der Waals surface area contributed by atoms with Gasteiger partial charge in [0, 0.05) is 23.0 Å². The standard InChI is InChI=1S/C29H28N6O2/c1-3-4-9-23-19-35(27-13-8-7-10-24(27)20(2)36)29(37)34(23)18-21-14-16-22(17-15-21)25-11-5-6-12-26(25)28-30-32-33-31-28/h5-8,10-17,19H,3-4,9,18H2,1-2H3,(H,30,31,32,33). The number of aryl methyl sites for hydroxylation is 1. The summed E-state index contributed by atoms with van der Waals surface area (Å²) in [5, 5.41) is 14.3. The molecule has 0 amide bonds. The Balaban J connectivity index is 1.49. The summed E-state index contributed by atoms with van der Waals surface area (Å²) < 4.78 is 3.42. The molecule has 186 valence electrons. The van der Waals surface area contributed by atoms with Crippen LogP contribution in [0.25, 0.3) is 28.2 Å². The fraction of sp³-hybridized carbons (Fsp3) is 0.207. The van der Waals surface area contributed by atoms with E-state index >= 15 is 0 Å². The van der Waals surface area contributed by atoms with Crippen LogP contribution in [0.5, 0.6) is 0 Å². The smallest absolute Gasteiger partial charge is 0.294 e. The number of hydrogen-bond acceptors (Lipinski definition) is 5. The molecule has 3 aromatic carbocycles. The molecule has 2 aromatic heterocycles. The molecule has 0 atom stereocenters. The van der Waals surface area contributed by atoms with E-state index in [-0.39, 0.29) is 11.5 Å². The van der Waals surface area contributed by atoms with E-state index in [9.17, 15) is 9.59 Å². The van der Waals surface area contributed by atoms with Gasteiger partial charge >= 0.3 is 5.69 Å². The number of benzene rings is 3. The van der Waals surface area contributed by atoms with E-state index < -0.39 is 0 Å². The molecule has 0 spiro atoms. The number of carbonyl (C=O) groups excluding carboxylic acids is 1. The van der Waals surface area contributed by atoms with Gasteiger partial charge in [-0.3, -0.25) is 13.9 Å². The van der Waals surface area contributed by atoms with Gasteiger partial charge in [0.15, 0.2) is 11.6 Å². The molecule has 1 N–H and O–H groups in total. The van der Waals surface area contributed by atoms with Gasteiger partial charge in [0.05, 0.1) is 12.2 Å². The Morgan fingerprint density at radius 1 is 0.946 bits per heavy atom. The zero-order valence-corrected chi connectivity index (χ0v) is 20.9. The van der Waals surface area contributed by atoms with Crippen LogP contribution in [0.1, 0.15) is 48.3 Å². The highest BCUT2D eigenvalue weighted by Gasteiger charge is 2.17. The van der Waals surface area contributed by atoms with Crippen LogP contribution in [0.15, 0.2) is 83.8 Å². The van der Waals surface area contributed by atoms with Crippen LogP contribution in [-0.2, 0) is 13.0 Å². The first-order chi connectivity index (χ1) is 18.1. The van der Waals surface area contributed by atoms with E-state index in [0.717, 1.165) is 47.2 Å². The van der Waals surface area contributed by atoms with Crippen molar-refractivity contribution >= 4 is 5.78 Å². The zero-order valence-electron chi connectivity index (χ0n) is 20.9. The highest BCUT2D eigenvalue weighted by Crippen LogP contribution is 2.30. The average molecular weight is 493 g/mol. The van der Waals surface area contributed by atoms with E-state index in [0.29, 0.717) is 23.6 Å². The number of hydrogen-bond donors (Lipinski definition) is 1. The Bertz CT molecular complexity index is 1580. The van der Waals surface area contributed by atoms with Crippen molar-refractivity contribution in [1.29, 1.82) is 0 Å². The fourth-order valence-corrected chi connectivity index (χ4v) is 4.59. The zero-order chi connectivity index (χ0) is 25.8. The first-order valence-electron chi connectivity index (χ1n) is 12.4. The number of H-pyrrole nitrogens is 1. The van der Waals surface area contributed by atoms with Crippen molar-refractivity contribution in [3.63, 3.8) is 0 Å². The van der Waals surface area contributed by atoms with Gasteiger partial charge in [-0.15, -0.1) is 5.10 Å². The summed E-state index contributed by atoms with van der Waals surface area (Å²) in [6.07, 6.45) is 4.68. The van der Waals surface area contributed by atoms with E-state index in [1.54, 1.807) is 10.6 Å². The van der Waals surface area contributed by atoms with E-state index in [1.807, 2.05) is 65.4 Å². The molecule has 8 heteroatoms. The van der Waals surface area contributed by atoms with E-state index in [4.69, 9.17) is 0 Å². The molecule has 2 heterocycles. The third-order valence-corrected chi connectivity index (χ3v) is 6.52. The lowest BCUT2D eigenvalue weighted by Gasteiger charge is -2.10. The molecule has 0 aliphatic carbocycles. The van der Waals surface area contributed by atoms with Crippen molar-refractivity contribution in [2.75, 3.05) is 0 Å². The number of Topliss-reactive ketones (excluding diaryl/α,β-unsaturated/α-hetero) is 1. The quantitative estimate of drug-likeness (QED) is 0.289. The Hall–Kier alpha value is -4.59. The van der Waals surface area contributed by atoms with Gasteiger partial charge in [0.1, 0.15) is 0 Å². The number of imidazole rings is 1. The summed E-state index contributed by atoms with van der Waals surface area (Å²) in [4.78, 5) is 25.8. The van der Waals surface area contributed by atoms with Crippen LogP contribution < -0.4 is 5.69 Å². The summed E-state index contributed by atoms with van der Waals surface area (Å²) >= 11 is 0. The summed E-state index contributed by atoms with van der Waals surface area (Å²) in [5.41, 5.74) is 5.94. The average Bonchev–Trinajstić information content (AvgIpc) is 3.57. The third-order valence-electron chi connectivity index (χ3n) is 6.52. The molecule has 8 nitrogen and oxygen atoms in total. The van der Waals surface area contributed by atoms with Gasteiger partial charge in [-0.25, -0.2) is 9.89 Å². The molecule has 0 bridgehead atoms. The molecule has 5 aromatic rings. The number of carbonyl (C=O) groups is 1. The number of tetrazole rings is 1. The molecule has 0 aliphatic rings. The Morgan fingerprint density at radius 3 is 2.38 bits per heavy atom. The summed E-state index contributed by atoms with van der Waals surface area (Å²) in [6, 6.07) is 23.4. The van der Waals surface area contributed by atoms with Crippen molar-refractivity contribution in [2.45, 2.75) is 39.7 Å². The minimum atomic E-state index is -0.146. The van der Waals surface area contributed by atoms with Crippen LogP contribution in [0, 0.1) is 0 Å². The van der Waals surface area contributed by atoms with Crippen LogP contribution >= 0.6 is 0 Å². The van der Waals surface area contributed by atoms with Crippen molar-refractivity contribution < 1.29 is 4.79 Å². The Kier molecular flexibility index (Phi) is 6.89. The molecule has 5 rings (SSSR count). The maximum Gasteiger partial charge on any atom is 0.333 e. The second-order valence-electron chi connectivity index (χ2n) is 9.03. The molecular weight excluding hydrogens is 464 g/mol. The number of ketones is 1. The van der Waals surface area contributed by atoms with Crippen LogP contribution in [0.3, 0.4) is 0 Å². The van der Waals surface area contributed by atoms with E-state index in [1.165, 1.54) is 6.92 Å². The van der Waals surface area contributed by atoms with Crippen molar-refractivity contribution in [3.8, 4) is 28.2 Å². The lowest BCUT2D eigenvalue weighted by molar-refractivity contribution is 0.101. The minimum absolute atomic E-state index is 0.0673. The SMILES string of the molecule is CCCCc1cn(-c2ccccc2C(C)=O)c(=O)n1Cc1ccc(-c2ccccc2-c2nnn[nH]2)cc1. The van der Waals surface area contributed by atoms with Gasteiger partial charge in [-0.1, -0.05) is 74.0 Å². The maximum absolute atomic E-state index is 13.6. The molecule has 0 saturated heterocycles. The molecule has 37 heavy (non-hydrogen) atoms. The third kappa shape index (κ3) is 4.91. The molecule has 0 saturated carbocycles. The number of rotatable bonds is 9. The largest absolute Gasteiger partial charge is 0.333 e. The fourth-order valence-electron chi connectivity index (χ4n) is 4.59. The Morgan fingerprint density at radius 2 is 1.68 bits per heavy atom. The highest BCUT2D eigenvalue weighted by atomic mass is 16.2. The minimum Gasteiger partial charge on any atom is -0.294 e. The van der Waals surface area contributed by atoms with Gasteiger partial charge in [-0.05, 0) is 59.0 Å². The van der Waals surface area contributed by atoms with Gasteiger partial charge in [-0.2, -0.15) is 0 Å². The van der Waals surface area contributed by atoms with Crippen LogP contribution in [-0.4, -0.2) is 35.5 Å². The second-order valence-corrected chi connectivity index (χ2v) is 9.03. The van der Waals surface area contributed by atoms with Gasteiger partial charge < -0.3 is 0 Å². The van der Waals surface area contributed by atoms with Gasteiger partial charge in [0.25, 0.3) is 0 Å². The first-order valence-corrected chi connectivity index (χ1v) is 12.4. The monoisotopic (exact) mass is 492 g/mol. The number of aromatic nitrogens is 6. The van der Waals surface area contributed by atoms with Crippen molar-refractivity contribution in [2.24, 2.45) is 0 Å². The summed E-state index contributed by atoms with van der Waals surface area (Å²) in [7, 11) is 0. The predicted molar refractivity (Wildman–Crippen MR) is 143 cm³/mol. The molecule has 0 aliphatic heterocycles. The van der Waals surface area contributed by atoms with Crippen LogP contribution in [0.4, 0.5) is 0 Å². The Labute approximate surface area is 214 Å². The lowest BCUT2D eigenvalue weighted by atomic mass is 9.98.